The molecule has 218 valence electrons. The number of hydrogen-bond acceptors (Lipinski definition) is 12. The molecule has 3 N–H and O–H groups in total. The lowest BCUT2D eigenvalue weighted by Crippen LogP contribution is -2.52. The molecule has 2 unspecified atom stereocenters. The van der Waals surface area contributed by atoms with Gasteiger partial charge >= 0.3 is 30.6 Å². The molecule has 0 saturated carbocycles. The van der Waals surface area contributed by atoms with Gasteiger partial charge in [0.05, 0.1) is 18.8 Å². The number of rotatable bonds is 13. The van der Waals surface area contributed by atoms with Crippen LogP contribution in [0.2, 0.25) is 0 Å². The van der Waals surface area contributed by atoms with E-state index < -0.39 is 73.5 Å². The number of ether oxygens (including phenoxy) is 2. The fourth-order valence-corrected chi connectivity index (χ4v) is 4.67. The number of aliphatic carboxylic acids is 2. The Morgan fingerprint density at radius 2 is 1.70 bits per heavy atom. The summed E-state index contributed by atoms with van der Waals surface area (Å²) in [5.41, 5.74) is -2.45. The van der Waals surface area contributed by atoms with Gasteiger partial charge in [-0.1, -0.05) is 32.9 Å². The summed E-state index contributed by atoms with van der Waals surface area (Å²) in [5.74, 6) is -7.54. The summed E-state index contributed by atoms with van der Waals surface area (Å²) < 4.78 is 26.8. The molecule has 0 aromatic heterocycles. The molecule has 0 aliphatic carbocycles. The first kappa shape index (κ1) is 30.4. The minimum absolute atomic E-state index is 0.105. The molecule has 1 spiro atoms. The van der Waals surface area contributed by atoms with Crippen molar-refractivity contribution in [1.82, 2.24) is 0 Å². The van der Waals surface area contributed by atoms with Gasteiger partial charge in [-0.15, -0.1) is 0 Å². The van der Waals surface area contributed by atoms with Crippen molar-refractivity contribution >= 4 is 42.5 Å². The van der Waals surface area contributed by atoms with Gasteiger partial charge in [-0.3, -0.25) is 24.2 Å². The quantitative estimate of drug-likeness (QED) is 0.178. The van der Waals surface area contributed by atoms with Crippen molar-refractivity contribution in [2.45, 2.75) is 70.8 Å². The number of esters is 2. The second kappa shape index (κ2) is 12.4. The SMILES string of the molecule is CCC1=NC(Cc2cccc(C(=O)OCOC(=O)C(CC)CC)c2O)[B-]2(OC(=O)C(CC(=O)O)(CC(=O)O)O2)O1. The van der Waals surface area contributed by atoms with E-state index in [4.69, 9.17) is 23.4 Å². The fourth-order valence-electron chi connectivity index (χ4n) is 4.67. The Balaban J connectivity index is 1.82. The summed E-state index contributed by atoms with van der Waals surface area (Å²) in [4.78, 5) is 64.7. The number of para-hydroxylation sites is 1. The molecule has 3 rings (SSSR count). The third-order valence-corrected chi connectivity index (χ3v) is 6.77. The number of phenols is 1. The van der Waals surface area contributed by atoms with Crippen LogP contribution in [0.1, 0.15) is 68.8 Å². The van der Waals surface area contributed by atoms with Gasteiger partial charge in [0.1, 0.15) is 22.8 Å². The summed E-state index contributed by atoms with van der Waals surface area (Å²) in [6.45, 7) is 1.55. The molecule has 2 atom stereocenters. The van der Waals surface area contributed by atoms with Gasteiger partial charge in [-0.05, 0) is 30.9 Å². The molecule has 2 aliphatic rings. The van der Waals surface area contributed by atoms with Crippen LogP contribution in [-0.4, -0.2) is 76.2 Å². The van der Waals surface area contributed by atoms with Crippen molar-refractivity contribution in [1.29, 1.82) is 0 Å². The largest absolute Gasteiger partial charge is 0.648 e. The van der Waals surface area contributed by atoms with Gasteiger partial charge in [-0.25, -0.2) is 4.79 Å². The lowest BCUT2D eigenvalue weighted by molar-refractivity contribution is -0.158. The molecule has 40 heavy (non-hydrogen) atoms. The Bertz CT molecular complexity index is 1200. The van der Waals surface area contributed by atoms with E-state index in [1.807, 2.05) is 13.8 Å². The van der Waals surface area contributed by atoms with Crippen molar-refractivity contribution in [2.24, 2.45) is 10.9 Å². The maximum atomic E-state index is 12.8. The summed E-state index contributed by atoms with van der Waals surface area (Å²) in [5, 5.41) is 29.5. The lowest BCUT2D eigenvalue weighted by atomic mass is 9.66. The van der Waals surface area contributed by atoms with E-state index in [-0.39, 0.29) is 35.8 Å². The normalized spacial score (nSPS) is 21.1. The highest BCUT2D eigenvalue weighted by Gasteiger charge is 2.62. The van der Waals surface area contributed by atoms with E-state index in [1.165, 1.54) is 18.2 Å². The minimum Gasteiger partial charge on any atom is -0.648 e. The number of benzene rings is 1. The highest BCUT2D eigenvalue weighted by atomic mass is 16.8. The fraction of sp³-hybridized carbons (Fsp3) is 0.520. The Kier molecular flexibility index (Phi) is 9.40. The van der Waals surface area contributed by atoms with Crippen molar-refractivity contribution in [3.05, 3.63) is 29.3 Å². The number of carbonyl (C=O) groups excluding carboxylic acids is 3. The van der Waals surface area contributed by atoms with Crippen molar-refractivity contribution in [2.75, 3.05) is 6.79 Å². The van der Waals surface area contributed by atoms with Crippen molar-refractivity contribution in [3.63, 3.8) is 0 Å². The number of carbonyl (C=O) groups is 5. The van der Waals surface area contributed by atoms with Crippen molar-refractivity contribution in [3.8, 4) is 5.75 Å². The molecule has 1 saturated heterocycles. The Morgan fingerprint density at radius 1 is 1.05 bits per heavy atom. The van der Waals surface area contributed by atoms with E-state index in [2.05, 4.69) is 4.99 Å². The molecule has 2 heterocycles. The molecular weight excluding hydrogens is 533 g/mol. The molecule has 2 aliphatic heterocycles. The van der Waals surface area contributed by atoms with Gasteiger partial charge in [0.25, 0.3) is 5.97 Å². The number of aromatic hydroxyl groups is 1. The van der Waals surface area contributed by atoms with E-state index >= 15 is 0 Å². The molecule has 1 aromatic rings. The molecular formula is C25H31BNO13-. The van der Waals surface area contributed by atoms with E-state index in [0.29, 0.717) is 12.8 Å². The topological polar surface area (TPSA) is 205 Å². The monoisotopic (exact) mass is 564 g/mol. The second-order valence-electron chi connectivity index (χ2n) is 9.46. The first-order valence-corrected chi connectivity index (χ1v) is 12.8. The zero-order valence-corrected chi connectivity index (χ0v) is 22.3. The van der Waals surface area contributed by atoms with Crippen LogP contribution in [-0.2, 0) is 49.0 Å². The number of hydrogen-bond donors (Lipinski definition) is 3. The van der Waals surface area contributed by atoms with E-state index in [0.717, 1.165) is 0 Å². The third kappa shape index (κ3) is 6.36. The van der Waals surface area contributed by atoms with Crippen LogP contribution in [0.3, 0.4) is 0 Å². The maximum absolute atomic E-state index is 12.8. The predicted octanol–water partition coefficient (Wildman–Crippen LogP) is 1.98. The third-order valence-electron chi connectivity index (χ3n) is 6.77. The maximum Gasteiger partial charge on any atom is 0.519 e. The van der Waals surface area contributed by atoms with Crippen LogP contribution < -0.4 is 0 Å². The highest BCUT2D eigenvalue weighted by Crippen LogP contribution is 2.42. The number of aliphatic imine (C=N–C) groups is 1. The summed E-state index contributed by atoms with van der Waals surface area (Å²) >= 11 is 0. The van der Waals surface area contributed by atoms with Gasteiger partial charge in [-0.2, -0.15) is 0 Å². The summed E-state index contributed by atoms with van der Waals surface area (Å²) in [6.07, 6.45) is -0.825. The van der Waals surface area contributed by atoms with Crippen LogP contribution in [0.4, 0.5) is 0 Å². The minimum atomic E-state index is -3.14. The van der Waals surface area contributed by atoms with Crippen LogP contribution in [0.15, 0.2) is 23.2 Å². The van der Waals surface area contributed by atoms with E-state index in [1.54, 1.807) is 6.92 Å². The Hall–Kier alpha value is -4.14. The zero-order chi connectivity index (χ0) is 29.7. The molecule has 1 fully saturated rings. The Labute approximate surface area is 229 Å². The highest BCUT2D eigenvalue weighted by molar-refractivity contribution is 6.69. The van der Waals surface area contributed by atoms with Gasteiger partial charge < -0.3 is 38.8 Å². The molecule has 0 amide bonds. The summed E-state index contributed by atoms with van der Waals surface area (Å²) in [7, 11) is 0. The Morgan fingerprint density at radius 3 is 2.27 bits per heavy atom. The number of phenolic OH excluding ortho intramolecular Hbond substituents is 1. The molecule has 14 nitrogen and oxygen atoms in total. The zero-order valence-electron chi connectivity index (χ0n) is 22.3. The van der Waals surface area contributed by atoms with Crippen LogP contribution in [0.5, 0.6) is 5.75 Å². The average molecular weight is 564 g/mol. The second-order valence-corrected chi connectivity index (χ2v) is 9.46. The number of carboxylic acid groups (broad SMARTS) is 2. The van der Waals surface area contributed by atoms with Crippen LogP contribution >= 0.6 is 0 Å². The first-order chi connectivity index (χ1) is 18.9. The number of nitrogens with zero attached hydrogens (tertiary/aromatic N) is 1. The standard InChI is InChI=1S/C25H31BNO13/c1-4-14(5-2)22(33)36-13-37-23(34)16-9-7-8-15(21(16)32)10-17-26(38-18(6-3)27-17)39-24(35)25(40-26,11-19(28)29)12-20(30)31/h7-9,14,17,32H,4-6,10-13H2,1-3H3,(H,28,29)(H,30,31)/q-1. The molecule has 15 heteroatoms. The van der Waals surface area contributed by atoms with Crippen molar-refractivity contribution < 1.29 is 62.7 Å². The lowest BCUT2D eigenvalue weighted by Gasteiger charge is -2.36. The van der Waals surface area contributed by atoms with Gasteiger partial charge in [0, 0.05) is 12.4 Å². The molecule has 1 aromatic carbocycles. The predicted molar refractivity (Wildman–Crippen MR) is 135 cm³/mol. The van der Waals surface area contributed by atoms with Gasteiger partial charge in [0.15, 0.2) is 0 Å². The van der Waals surface area contributed by atoms with Gasteiger partial charge in [0.2, 0.25) is 6.79 Å². The smallest absolute Gasteiger partial charge is 0.519 e. The number of carboxylic acids is 2. The summed E-state index contributed by atoms with van der Waals surface area (Å²) in [6, 6.07) is 4.19. The molecule has 0 bridgehead atoms. The van der Waals surface area contributed by atoms with E-state index in [9.17, 15) is 39.3 Å². The van der Waals surface area contributed by atoms with Crippen LogP contribution in [0.25, 0.3) is 0 Å². The first-order valence-electron chi connectivity index (χ1n) is 12.8. The average Bonchev–Trinajstić information content (AvgIpc) is 3.34. The molecule has 0 radical (unpaired) electrons. The van der Waals surface area contributed by atoms with Crippen LogP contribution in [0, 0.1) is 5.92 Å².